The van der Waals surface area contributed by atoms with E-state index in [1.54, 1.807) is 7.05 Å². The minimum atomic E-state index is -0.0000549. The van der Waals surface area contributed by atoms with Gasteiger partial charge < -0.3 is 16.0 Å². The smallest absolute Gasteiger partial charge is 0.222 e. The van der Waals surface area contributed by atoms with Gasteiger partial charge in [-0.1, -0.05) is 74.5 Å². The summed E-state index contributed by atoms with van der Waals surface area (Å²) in [5.41, 5.74) is 2.52. The quantitative estimate of drug-likeness (QED) is 0.228. The molecular weight excluding hydrogens is 463 g/mol. The summed E-state index contributed by atoms with van der Waals surface area (Å²) < 4.78 is 0. The number of hydrogen-bond acceptors (Lipinski definition) is 2. The van der Waals surface area contributed by atoms with Crippen molar-refractivity contribution in [2.24, 2.45) is 10.9 Å². The predicted molar refractivity (Wildman–Crippen MR) is 127 cm³/mol. The molecule has 2 aromatic rings. The van der Waals surface area contributed by atoms with Gasteiger partial charge in [-0.2, -0.15) is 0 Å². The highest BCUT2D eigenvalue weighted by atomic mass is 127. The molecule has 0 saturated carbocycles. The molecule has 2 aromatic carbocycles. The Labute approximate surface area is 185 Å². The van der Waals surface area contributed by atoms with E-state index in [1.807, 2.05) is 26.0 Å². The zero-order chi connectivity index (χ0) is 19.5. The third-order valence-electron chi connectivity index (χ3n) is 4.34. The fraction of sp³-hybridized carbons (Fsp3) is 0.364. The number of carbonyl (C=O) groups excluding carboxylic acids is 1. The molecule has 0 unspecified atom stereocenters. The van der Waals surface area contributed by atoms with Crippen molar-refractivity contribution in [2.75, 3.05) is 26.7 Å². The summed E-state index contributed by atoms with van der Waals surface area (Å²) in [7, 11) is 1.75. The average molecular weight is 494 g/mol. The molecule has 0 atom stereocenters. The molecular formula is C22H31IN4O. The highest BCUT2D eigenvalue weighted by Crippen LogP contribution is 2.23. The Bertz CT molecular complexity index is 680. The van der Waals surface area contributed by atoms with E-state index in [0.29, 0.717) is 13.1 Å². The molecule has 2 rings (SSSR count). The fourth-order valence-corrected chi connectivity index (χ4v) is 2.79. The van der Waals surface area contributed by atoms with Gasteiger partial charge in [-0.15, -0.1) is 24.0 Å². The summed E-state index contributed by atoms with van der Waals surface area (Å²) in [5.74, 6) is 1.02. The third-order valence-corrected chi connectivity index (χ3v) is 4.34. The van der Waals surface area contributed by atoms with Gasteiger partial charge in [0.25, 0.3) is 0 Å². The lowest BCUT2D eigenvalue weighted by molar-refractivity contribution is -0.123. The van der Waals surface area contributed by atoms with Crippen LogP contribution in [-0.4, -0.2) is 38.5 Å². The first-order valence-electron chi connectivity index (χ1n) is 9.44. The number of carbonyl (C=O) groups is 1. The standard InChI is InChI=1S/C22H30N4O.HI/c1-17(2)21(27)24-14-15-25-22(23-3)26-16-20(18-10-6-4-7-11-18)19-12-8-5-9-13-19;/h4-13,17,20H,14-16H2,1-3H3,(H,24,27)(H2,23,25,26);1H. The van der Waals surface area contributed by atoms with Crippen LogP contribution in [0.25, 0.3) is 0 Å². The van der Waals surface area contributed by atoms with E-state index in [4.69, 9.17) is 0 Å². The Balaban J connectivity index is 0.00000392. The minimum Gasteiger partial charge on any atom is -0.355 e. The van der Waals surface area contributed by atoms with Crippen molar-refractivity contribution in [1.29, 1.82) is 0 Å². The van der Waals surface area contributed by atoms with E-state index < -0.39 is 0 Å². The number of hydrogen-bond donors (Lipinski definition) is 3. The molecule has 6 heteroatoms. The van der Waals surface area contributed by atoms with Gasteiger partial charge in [-0.05, 0) is 11.1 Å². The van der Waals surface area contributed by atoms with Crippen molar-refractivity contribution < 1.29 is 4.79 Å². The topological polar surface area (TPSA) is 65.5 Å². The second-order valence-corrected chi connectivity index (χ2v) is 6.70. The van der Waals surface area contributed by atoms with E-state index in [9.17, 15) is 4.79 Å². The van der Waals surface area contributed by atoms with Crippen molar-refractivity contribution >= 4 is 35.8 Å². The summed E-state index contributed by atoms with van der Waals surface area (Å²) in [6.07, 6.45) is 0. The molecule has 1 amide bonds. The van der Waals surface area contributed by atoms with E-state index in [2.05, 4.69) is 69.5 Å². The van der Waals surface area contributed by atoms with Crippen LogP contribution in [0, 0.1) is 5.92 Å². The van der Waals surface area contributed by atoms with Crippen LogP contribution >= 0.6 is 24.0 Å². The Hall–Kier alpha value is -2.09. The number of benzene rings is 2. The number of rotatable bonds is 8. The van der Waals surface area contributed by atoms with Crippen molar-refractivity contribution in [3.05, 3.63) is 71.8 Å². The monoisotopic (exact) mass is 494 g/mol. The van der Waals surface area contributed by atoms with E-state index in [0.717, 1.165) is 12.5 Å². The molecule has 0 radical (unpaired) electrons. The summed E-state index contributed by atoms with van der Waals surface area (Å²) >= 11 is 0. The van der Waals surface area contributed by atoms with Crippen molar-refractivity contribution in [3.8, 4) is 0 Å². The lowest BCUT2D eigenvalue weighted by Gasteiger charge is -2.20. The maximum Gasteiger partial charge on any atom is 0.222 e. The minimum absolute atomic E-state index is 0. The summed E-state index contributed by atoms with van der Waals surface area (Å²) in [4.78, 5) is 15.9. The number of guanidine groups is 1. The molecule has 0 aliphatic carbocycles. The summed E-state index contributed by atoms with van der Waals surface area (Å²) in [6.45, 7) is 5.69. The van der Waals surface area contributed by atoms with Gasteiger partial charge in [-0.3, -0.25) is 9.79 Å². The lowest BCUT2D eigenvalue weighted by Crippen LogP contribution is -2.43. The van der Waals surface area contributed by atoms with Crippen LogP contribution in [0.3, 0.4) is 0 Å². The lowest BCUT2D eigenvalue weighted by atomic mass is 9.91. The van der Waals surface area contributed by atoms with Gasteiger partial charge in [0.15, 0.2) is 5.96 Å². The molecule has 152 valence electrons. The molecule has 5 nitrogen and oxygen atoms in total. The molecule has 0 fully saturated rings. The first-order chi connectivity index (χ1) is 13.1. The van der Waals surface area contributed by atoms with Crippen LogP contribution < -0.4 is 16.0 Å². The van der Waals surface area contributed by atoms with Gasteiger partial charge in [0.2, 0.25) is 5.91 Å². The first kappa shape index (κ1) is 23.9. The second-order valence-electron chi connectivity index (χ2n) is 6.70. The van der Waals surface area contributed by atoms with Gasteiger partial charge in [-0.25, -0.2) is 0 Å². The van der Waals surface area contributed by atoms with Gasteiger partial charge in [0.05, 0.1) is 0 Å². The number of amides is 1. The summed E-state index contributed by atoms with van der Waals surface area (Å²) in [6, 6.07) is 20.9. The van der Waals surface area contributed by atoms with Crippen molar-refractivity contribution in [1.82, 2.24) is 16.0 Å². The van der Waals surface area contributed by atoms with Crippen LogP contribution in [0.2, 0.25) is 0 Å². The fourth-order valence-electron chi connectivity index (χ4n) is 2.79. The molecule has 0 saturated heterocycles. The molecule has 0 heterocycles. The Morgan fingerprint density at radius 3 is 1.82 bits per heavy atom. The van der Waals surface area contributed by atoms with Gasteiger partial charge in [0.1, 0.15) is 0 Å². The SMILES string of the molecule is CN=C(NCCNC(=O)C(C)C)NCC(c1ccccc1)c1ccccc1.I. The maximum absolute atomic E-state index is 11.6. The highest BCUT2D eigenvalue weighted by Gasteiger charge is 2.14. The van der Waals surface area contributed by atoms with Crippen molar-refractivity contribution in [3.63, 3.8) is 0 Å². The average Bonchev–Trinajstić information content (AvgIpc) is 2.71. The first-order valence-corrected chi connectivity index (χ1v) is 9.44. The molecule has 0 aliphatic rings. The predicted octanol–water partition coefficient (Wildman–Crippen LogP) is 3.37. The zero-order valence-electron chi connectivity index (χ0n) is 16.8. The second kappa shape index (κ2) is 13.1. The molecule has 28 heavy (non-hydrogen) atoms. The highest BCUT2D eigenvalue weighted by molar-refractivity contribution is 14.0. The van der Waals surface area contributed by atoms with E-state index >= 15 is 0 Å². The Morgan fingerprint density at radius 2 is 1.36 bits per heavy atom. The molecule has 0 spiro atoms. The molecule has 0 bridgehead atoms. The van der Waals surface area contributed by atoms with Gasteiger partial charge in [0, 0.05) is 38.5 Å². The third kappa shape index (κ3) is 7.88. The van der Waals surface area contributed by atoms with E-state index in [1.165, 1.54) is 11.1 Å². The zero-order valence-corrected chi connectivity index (χ0v) is 19.1. The van der Waals surface area contributed by atoms with Crippen LogP contribution in [0.5, 0.6) is 0 Å². The number of nitrogens with zero attached hydrogens (tertiary/aromatic N) is 1. The number of halogens is 1. The molecule has 3 N–H and O–H groups in total. The van der Waals surface area contributed by atoms with Crippen LogP contribution in [0.15, 0.2) is 65.7 Å². The van der Waals surface area contributed by atoms with Crippen LogP contribution in [0.4, 0.5) is 0 Å². The Morgan fingerprint density at radius 1 is 0.857 bits per heavy atom. The van der Waals surface area contributed by atoms with Crippen LogP contribution in [-0.2, 0) is 4.79 Å². The molecule has 0 aliphatic heterocycles. The number of nitrogens with one attached hydrogen (secondary N) is 3. The van der Waals surface area contributed by atoms with E-state index in [-0.39, 0.29) is 41.7 Å². The van der Waals surface area contributed by atoms with Crippen molar-refractivity contribution in [2.45, 2.75) is 19.8 Å². The normalized spacial score (nSPS) is 11.1. The van der Waals surface area contributed by atoms with Gasteiger partial charge >= 0.3 is 0 Å². The largest absolute Gasteiger partial charge is 0.355 e. The molecule has 0 aromatic heterocycles. The maximum atomic E-state index is 11.6. The summed E-state index contributed by atoms with van der Waals surface area (Å²) in [5, 5.41) is 9.54. The van der Waals surface area contributed by atoms with Crippen LogP contribution in [0.1, 0.15) is 30.9 Å². The Kier molecular flexibility index (Phi) is 11.2. The number of aliphatic imine (C=N–C) groups is 1.